The molecule has 0 aliphatic heterocycles. The summed E-state index contributed by atoms with van der Waals surface area (Å²) in [6.45, 7) is 5.99. The van der Waals surface area contributed by atoms with Gasteiger partial charge in [-0.2, -0.15) is 0 Å². The molecule has 3 heteroatoms. The van der Waals surface area contributed by atoms with Crippen LogP contribution in [0, 0.1) is 0 Å². The van der Waals surface area contributed by atoms with Crippen molar-refractivity contribution in [3.05, 3.63) is 23.8 Å². The zero-order valence-electron chi connectivity index (χ0n) is 11.1. The zero-order valence-corrected chi connectivity index (χ0v) is 11.1. The Morgan fingerprint density at radius 1 is 1.29 bits per heavy atom. The molecule has 1 aromatic rings. The lowest BCUT2D eigenvalue weighted by Gasteiger charge is -2.27. The summed E-state index contributed by atoms with van der Waals surface area (Å²) in [6.07, 6.45) is 1.63. The quantitative estimate of drug-likeness (QED) is 0.827. The van der Waals surface area contributed by atoms with Gasteiger partial charge in [-0.25, -0.2) is 0 Å². The van der Waals surface area contributed by atoms with Gasteiger partial charge in [-0.3, -0.25) is 0 Å². The Morgan fingerprint density at radius 2 is 1.94 bits per heavy atom. The number of anilines is 1. The van der Waals surface area contributed by atoms with Crippen molar-refractivity contribution in [1.82, 2.24) is 0 Å². The van der Waals surface area contributed by atoms with Gasteiger partial charge in [0.05, 0.1) is 6.10 Å². The van der Waals surface area contributed by atoms with Crippen LogP contribution in [0.3, 0.4) is 0 Å². The second-order valence-electron chi connectivity index (χ2n) is 4.67. The molecule has 2 atom stereocenters. The normalized spacial score (nSPS) is 14.4. The maximum Gasteiger partial charge on any atom is 0.123 e. The first-order valence-electron chi connectivity index (χ1n) is 6.21. The first-order valence-corrected chi connectivity index (χ1v) is 6.21. The second kappa shape index (κ2) is 5.92. The molecule has 0 saturated carbocycles. The summed E-state index contributed by atoms with van der Waals surface area (Å²) >= 11 is 0. The number of hydrogen-bond donors (Lipinski definition) is 2. The van der Waals surface area contributed by atoms with Crippen molar-refractivity contribution in [2.24, 2.45) is 0 Å². The smallest absolute Gasteiger partial charge is 0.123 e. The Morgan fingerprint density at radius 3 is 2.41 bits per heavy atom. The molecule has 0 aliphatic carbocycles. The average molecular weight is 237 g/mol. The topological polar surface area (TPSA) is 43.7 Å². The molecule has 1 aromatic carbocycles. The lowest BCUT2D eigenvalue weighted by atomic mass is 10.1. The predicted octanol–water partition coefficient (Wildman–Crippen LogP) is 3.07. The van der Waals surface area contributed by atoms with Gasteiger partial charge in [-0.15, -0.1) is 0 Å². The molecule has 0 amide bonds. The number of phenols is 1. The van der Waals surface area contributed by atoms with Crippen molar-refractivity contribution in [1.29, 1.82) is 0 Å². The van der Waals surface area contributed by atoms with Gasteiger partial charge in [-0.05, 0) is 26.3 Å². The first kappa shape index (κ1) is 13.8. The fourth-order valence-corrected chi connectivity index (χ4v) is 1.97. The maximum atomic E-state index is 9.84. The number of aliphatic hydroxyl groups is 1. The molecule has 0 heterocycles. The third-order valence-corrected chi connectivity index (χ3v) is 3.24. The lowest BCUT2D eigenvalue weighted by Crippen LogP contribution is -2.28. The van der Waals surface area contributed by atoms with E-state index in [1.54, 1.807) is 19.1 Å². The van der Waals surface area contributed by atoms with Crippen LogP contribution in [0.1, 0.15) is 45.3 Å². The van der Waals surface area contributed by atoms with E-state index >= 15 is 0 Å². The highest BCUT2D eigenvalue weighted by atomic mass is 16.3. The monoisotopic (exact) mass is 237 g/mol. The molecule has 3 nitrogen and oxygen atoms in total. The van der Waals surface area contributed by atoms with Gasteiger partial charge < -0.3 is 15.1 Å². The molecule has 0 radical (unpaired) electrons. The minimum Gasteiger partial charge on any atom is -0.507 e. The minimum atomic E-state index is -0.637. The highest BCUT2D eigenvalue weighted by Gasteiger charge is 2.12. The van der Waals surface area contributed by atoms with Crippen LogP contribution >= 0.6 is 0 Å². The summed E-state index contributed by atoms with van der Waals surface area (Å²) in [6, 6.07) is 5.88. The van der Waals surface area contributed by atoms with Crippen LogP contribution in [0.5, 0.6) is 5.75 Å². The second-order valence-corrected chi connectivity index (χ2v) is 4.67. The van der Waals surface area contributed by atoms with Crippen molar-refractivity contribution < 1.29 is 10.2 Å². The largest absolute Gasteiger partial charge is 0.507 e. The van der Waals surface area contributed by atoms with Gasteiger partial charge in [-0.1, -0.05) is 19.4 Å². The van der Waals surface area contributed by atoms with Gasteiger partial charge in [0.2, 0.25) is 0 Å². The van der Waals surface area contributed by atoms with Gasteiger partial charge >= 0.3 is 0 Å². The molecule has 0 aliphatic rings. The summed E-state index contributed by atoms with van der Waals surface area (Å²) in [7, 11) is 2.02. The SMILES string of the molecule is CCCC(C)N(C)c1ccc(C(C)O)c(O)c1. The number of rotatable bonds is 5. The predicted molar refractivity (Wildman–Crippen MR) is 71.5 cm³/mol. The van der Waals surface area contributed by atoms with Crippen molar-refractivity contribution in [3.8, 4) is 5.75 Å². The van der Waals surface area contributed by atoms with E-state index < -0.39 is 6.10 Å². The average Bonchev–Trinajstić information content (AvgIpc) is 2.27. The van der Waals surface area contributed by atoms with Crippen LogP contribution in [0.4, 0.5) is 5.69 Å². The number of hydrogen-bond acceptors (Lipinski definition) is 3. The van der Waals surface area contributed by atoms with Gasteiger partial charge in [0, 0.05) is 30.4 Å². The third kappa shape index (κ3) is 3.37. The molecule has 0 saturated heterocycles. The standard InChI is InChI=1S/C14H23NO2/c1-5-6-10(2)15(4)12-7-8-13(11(3)16)14(17)9-12/h7-11,16-17H,5-6H2,1-4H3. The van der Waals surface area contributed by atoms with E-state index in [4.69, 9.17) is 0 Å². The van der Waals surface area contributed by atoms with Gasteiger partial charge in [0.1, 0.15) is 5.75 Å². The van der Waals surface area contributed by atoms with E-state index in [0.717, 1.165) is 18.5 Å². The maximum absolute atomic E-state index is 9.84. The Bertz CT molecular complexity index is 363. The summed E-state index contributed by atoms with van der Waals surface area (Å²) in [5, 5.41) is 19.3. The number of aliphatic hydroxyl groups excluding tert-OH is 1. The molecule has 17 heavy (non-hydrogen) atoms. The molecule has 0 aromatic heterocycles. The molecule has 2 unspecified atom stereocenters. The molecule has 96 valence electrons. The Balaban J connectivity index is 2.89. The van der Waals surface area contributed by atoms with Gasteiger partial charge in [0.15, 0.2) is 0 Å². The van der Waals surface area contributed by atoms with E-state index in [1.165, 1.54) is 0 Å². The highest BCUT2D eigenvalue weighted by molar-refractivity contribution is 5.53. The minimum absolute atomic E-state index is 0.160. The van der Waals surface area contributed by atoms with Crippen molar-refractivity contribution in [2.75, 3.05) is 11.9 Å². The van der Waals surface area contributed by atoms with Crippen LogP contribution in [-0.2, 0) is 0 Å². The number of aromatic hydroxyl groups is 1. The number of phenolic OH excluding ortho intramolecular Hbond substituents is 1. The molecule has 1 rings (SSSR count). The lowest BCUT2D eigenvalue weighted by molar-refractivity contribution is 0.195. The molecular weight excluding hydrogens is 214 g/mol. The van der Waals surface area contributed by atoms with Crippen LogP contribution in [0.2, 0.25) is 0 Å². The van der Waals surface area contributed by atoms with E-state index in [0.29, 0.717) is 11.6 Å². The van der Waals surface area contributed by atoms with Crippen molar-refractivity contribution in [2.45, 2.75) is 45.8 Å². The van der Waals surface area contributed by atoms with Crippen LogP contribution in [-0.4, -0.2) is 23.3 Å². The van der Waals surface area contributed by atoms with Gasteiger partial charge in [0.25, 0.3) is 0 Å². The third-order valence-electron chi connectivity index (χ3n) is 3.24. The molecule has 0 spiro atoms. The molecule has 0 bridgehead atoms. The van der Waals surface area contributed by atoms with E-state index in [1.807, 2.05) is 13.1 Å². The van der Waals surface area contributed by atoms with Crippen LogP contribution < -0.4 is 4.90 Å². The number of benzene rings is 1. The summed E-state index contributed by atoms with van der Waals surface area (Å²) in [4.78, 5) is 2.15. The van der Waals surface area contributed by atoms with Crippen LogP contribution in [0.15, 0.2) is 18.2 Å². The Labute approximate surface area is 104 Å². The van der Waals surface area contributed by atoms with E-state index in [9.17, 15) is 10.2 Å². The summed E-state index contributed by atoms with van der Waals surface area (Å²) in [5.41, 5.74) is 1.55. The summed E-state index contributed by atoms with van der Waals surface area (Å²) in [5.74, 6) is 0.160. The highest BCUT2D eigenvalue weighted by Crippen LogP contribution is 2.29. The fraction of sp³-hybridized carbons (Fsp3) is 0.571. The van der Waals surface area contributed by atoms with E-state index in [2.05, 4.69) is 18.7 Å². The van der Waals surface area contributed by atoms with Crippen molar-refractivity contribution >= 4 is 5.69 Å². The molecule has 2 N–H and O–H groups in total. The molecule has 0 fully saturated rings. The van der Waals surface area contributed by atoms with Crippen molar-refractivity contribution in [3.63, 3.8) is 0 Å². The fourth-order valence-electron chi connectivity index (χ4n) is 1.97. The Kier molecular flexibility index (Phi) is 4.82. The number of nitrogens with zero attached hydrogens (tertiary/aromatic N) is 1. The van der Waals surface area contributed by atoms with Crippen LogP contribution in [0.25, 0.3) is 0 Å². The zero-order chi connectivity index (χ0) is 13.0. The Hall–Kier alpha value is -1.22. The molecular formula is C14H23NO2. The summed E-state index contributed by atoms with van der Waals surface area (Å²) < 4.78 is 0. The first-order chi connectivity index (χ1) is 7.97. The van der Waals surface area contributed by atoms with E-state index in [-0.39, 0.29) is 5.75 Å².